The van der Waals surface area contributed by atoms with E-state index in [1.807, 2.05) is 0 Å². The van der Waals surface area contributed by atoms with Crippen molar-refractivity contribution < 1.29 is 33.3 Å². The van der Waals surface area contributed by atoms with Gasteiger partial charge in [-0.15, -0.1) is 0 Å². The van der Waals surface area contributed by atoms with E-state index in [4.69, 9.17) is 0 Å². The van der Waals surface area contributed by atoms with Crippen LogP contribution < -0.4 is 0 Å². The van der Waals surface area contributed by atoms with Crippen LogP contribution in [0.3, 0.4) is 0 Å². The van der Waals surface area contributed by atoms with E-state index in [2.05, 4.69) is 4.74 Å². The van der Waals surface area contributed by atoms with Crippen LogP contribution in [0.15, 0.2) is 12.1 Å². The quantitative estimate of drug-likeness (QED) is 0.602. The van der Waals surface area contributed by atoms with E-state index in [1.54, 1.807) is 0 Å². The number of aliphatic hydroxyl groups excluding tert-OH is 2. The number of carbonyl (C=O) groups is 2. The first kappa shape index (κ1) is 14.2. The molecule has 98 valence electrons. The summed E-state index contributed by atoms with van der Waals surface area (Å²) in [5.74, 6) is -3.38. The summed E-state index contributed by atoms with van der Waals surface area (Å²) in [5, 5.41) is 18.8. The molecule has 1 aromatic carbocycles. The number of hydrogen-bond donors (Lipinski definition) is 2. The number of benzene rings is 1. The Balaban J connectivity index is 3.13. The minimum atomic E-state index is -2.05. The molecule has 0 radical (unpaired) electrons. The van der Waals surface area contributed by atoms with Gasteiger partial charge in [-0.1, -0.05) is 0 Å². The molecule has 1 aromatic rings. The van der Waals surface area contributed by atoms with Gasteiger partial charge in [0, 0.05) is 5.56 Å². The number of aliphatic hydroxyl groups is 2. The van der Waals surface area contributed by atoms with E-state index in [0.29, 0.717) is 12.1 Å². The Kier molecular flexibility index (Phi) is 4.46. The molecule has 18 heavy (non-hydrogen) atoms. The molecule has 0 heterocycles. The monoisotopic (exact) mass is 260 g/mol. The highest BCUT2D eigenvalue weighted by Crippen LogP contribution is 2.23. The molecule has 1 rings (SSSR count). The molecule has 0 fully saturated rings. The minimum Gasteiger partial charge on any atom is -0.467 e. The van der Waals surface area contributed by atoms with Gasteiger partial charge in [-0.25, -0.2) is 13.6 Å². The molecule has 0 bridgehead atoms. The van der Waals surface area contributed by atoms with Crippen molar-refractivity contribution in [3.05, 3.63) is 34.9 Å². The maximum Gasteiger partial charge on any atom is 0.337 e. The van der Waals surface area contributed by atoms with Gasteiger partial charge in [-0.2, -0.15) is 0 Å². The lowest BCUT2D eigenvalue weighted by atomic mass is 10.0. The maximum absolute atomic E-state index is 13.4. The van der Waals surface area contributed by atoms with Crippen LogP contribution in [0, 0.1) is 11.6 Å². The molecule has 0 saturated carbocycles. The summed E-state index contributed by atoms with van der Waals surface area (Å²) in [6.45, 7) is 0. The predicted octanol–water partition coefficient (Wildman–Crippen LogP) is 0.345. The Labute approximate surface area is 101 Å². The first-order chi connectivity index (χ1) is 8.42. The van der Waals surface area contributed by atoms with E-state index in [-0.39, 0.29) is 6.29 Å². The Bertz CT molecular complexity index is 475. The second-order valence-electron chi connectivity index (χ2n) is 3.43. The topological polar surface area (TPSA) is 83.8 Å². The van der Waals surface area contributed by atoms with Gasteiger partial charge < -0.3 is 14.9 Å². The lowest BCUT2D eigenvalue weighted by Gasteiger charge is -2.16. The van der Waals surface area contributed by atoms with Gasteiger partial charge >= 0.3 is 5.97 Å². The molecular formula is C11H10F2O5. The molecule has 2 unspecified atom stereocenters. The molecule has 2 atom stereocenters. The molecule has 2 N–H and O–H groups in total. The summed E-state index contributed by atoms with van der Waals surface area (Å²) in [6, 6.07) is 1.10. The molecule has 0 aliphatic heterocycles. The summed E-state index contributed by atoms with van der Waals surface area (Å²) in [7, 11) is 0.963. The van der Waals surface area contributed by atoms with Crippen molar-refractivity contribution in [2.75, 3.05) is 7.11 Å². The summed E-state index contributed by atoms with van der Waals surface area (Å²) >= 11 is 0. The van der Waals surface area contributed by atoms with E-state index in [1.165, 1.54) is 0 Å². The van der Waals surface area contributed by atoms with Crippen LogP contribution in [0.25, 0.3) is 0 Å². The van der Waals surface area contributed by atoms with Crippen molar-refractivity contribution in [3.8, 4) is 0 Å². The fourth-order valence-corrected chi connectivity index (χ4v) is 1.31. The minimum absolute atomic E-state index is 0.102. The summed E-state index contributed by atoms with van der Waals surface area (Å²) < 4.78 is 30.8. The number of halogens is 2. The second kappa shape index (κ2) is 5.65. The van der Waals surface area contributed by atoms with Gasteiger partial charge in [0.15, 0.2) is 12.4 Å². The van der Waals surface area contributed by atoms with Crippen molar-refractivity contribution >= 4 is 12.3 Å². The van der Waals surface area contributed by atoms with Crippen LogP contribution in [0.5, 0.6) is 0 Å². The van der Waals surface area contributed by atoms with Crippen molar-refractivity contribution in [1.29, 1.82) is 0 Å². The summed E-state index contributed by atoms with van der Waals surface area (Å²) in [4.78, 5) is 21.3. The number of rotatable bonds is 4. The Morgan fingerprint density at radius 2 is 1.94 bits per heavy atom. The zero-order chi connectivity index (χ0) is 13.9. The summed E-state index contributed by atoms with van der Waals surface area (Å²) in [6.07, 6.45) is -3.94. The van der Waals surface area contributed by atoms with E-state index in [0.717, 1.165) is 7.11 Å². The fourth-order valence-electron chi connectivity index (χ4n) is 1.31. The van der Waals surface area contributed by atoms with Crippen LogP contribution >= 0.6 is 0 Å². The molecule has 0 amide bonds. The number of carbonyl (C=O) groups excluding carboxylic acids is 2. The SMILES string of the molecule is COC(=O)C(O)C(O)c1cc(F)c(C=O)cc1F. The molecule has 0 spiro atoms. The van der Waals surface area contributed by atoms with Crippen LogP contribution in [-0.4, -0.2) is 35.7 Å². The van der Waals surface area contributed by atoms with Crippen molar-refractivity contribution in [1.82, 2.24) is 0 Å². The first-order valence-electron chi connectivity index (χ1n) is 4.80. The smallest absolute Gasteiger partial charge is 0.337 e. The molecule has 0 aliphatic carbocycles. The van der Waals surface area contributed by atoms with Crippen molar-refractivity contribution in [3.63, 3.8) is 0 Å². The second-order valence-corrected chi connectivity index (χ2v) is 3.43. The maximum atomic E-state index is 13.4. The Morgan fingerprint density at radius 1 is 1.33 bits per heavy atom. The van der Waals surface area contributed by atoms with E-state index in [9.17, 15) is 28.6 Å². The van der Waals surface area contributed by atoms with Crippen molar-refractivity contribution in [2.24, 2.45) is 0 Å². The van der Waals surface area contributed by atoms with E-state index >= 15 is 0 Å². The van der Waals surface area contributed by atoms with Gasteiger partial charge in [-0.05, 0) is 12.1 Å². The number of methoxy groups -OCH3 is 1. The standard InChI is InChI=1S/C11H10F2O5/c1-18-11(17)10(16)9(15)6-3-7(12)5(4-14)2-8(6)13/h2-4,9-10,15-16H,1H3. The highest BCUT2D eigenvalue weighted by molar-refractivity contribution is 5.76. The number of esters is 1. The highest BCUT2D eigenvalue weighted by Gasteiger charge is 2.29. The average molecular weight is 260 g/mol. The summed E-state index contributed by atoms with van der Waals surface area (Å²) in [5.41, 5.74) is -1.17. The van der Waals surface area contributed by atoms with Gasteiger partial charge in [0.05, 0.1) is 12.7 Å². The number of ether oxygens (including phenoxy) is 1. The molecule has 7 heteroatoms. The van der Waals surface area contributed by atoms with Crippen LogP contribution in [0.2, 0.25) is 0 Å². The van der Waals surface area contributed by atoms with Crippen LogP contribution in [0.4, 0.5) is 8.78 Å². The molecule has 5 nitrogen and oxygen atoms in total. The predicted molar refractivity (Wildman–Crippen MR) is 54.7 cm³/mol. The van der Waals surface area contributed by atoms with E-state index < -0.39 is 40.9 Å². The lowest BCUT2D eigenvalue weighted by Crippen LogP contribution is -2.29. The first-order valence-corrected chi connectivity index (χ1v) is 4.80. The van der Waals surface area contributed by atoms with Gasteiger partial charge in [-0.3, -0.25) is 4.79 Å². The molecule has 0 aliphatic rings. The zero-order valence-electron chi connectivity index (χ0n) is 9.26. The fraction of sp³-hybridized carbons (Fsp3) is 0.273. The van der Waals surface area contributed by atoms with Crippen molar-refractivity contribution in [2.45, 2.75) is 12.2 Å². The largest absolute Gasteiger partial charge is 0.467 e. The Morgan fingerprint density at radius 3 is 2.44 bits per heavy atom. The van der Waals surface area contributed by atoms with Gasteiger partial charge in [0.1, 0.15) is 17.7 Å². The third-order valence-electron chi connectivity index (χ3n) is 2.30. The Hall–Kier alpha value is -1.86. The highest BCUT2D eigenvalue weighted by atomic mass is 19.1. The number of hydrogen-bond acceptors (Lipinski definition) is 5. The number of aldehydes is 1. The molecule has 0 aromatic heterocycles. The van der Waals surface area contributed by atoms with Crippen LogP contribution in [-0.2, 0) is 9.53 Å². The molecule has 0 saturated heterocycles. The third kappa shape index (κ3) is 2.69. The van der Waals surface area contributed by atoms with Gasteiger partial charge in [0.2, 0.25) is 0 Å². The normalized spacial score (nSPS) is 13.8. The van der Waals surface area contributed by atoms with Crippen LogP contribution in [0.1, 0.15) is 22.0 Å². The van der Waals surface area contributed by atoms with Gasteiger partial charge in [0.25, 0.3) is 0 Å². The molecular weight excluding hydrogens is 250 g/mol. The third-order valence-corrected chi connectivity index (χ3v) is 2.30. The average Bonchev–Trinajstić information content (AvgIpc) is 2.38. The lowest BCUT2D eigenvalue weighted by molar-refractivity contribution is -0.156. The zero-order valence-corrected chi connectivity index (χ0v) is 9.26.